The van der Waals surface area contributed by atoms with Crippen molar-refractivity contribution in [3.05, 3.63) is 40.4 Å². The Morgan fingerprint density at radius 1 is 1.38 bits per heavy atom. The molecule has 1 aromatic carbocycles. The lowest BCUT2D eigenvalue weighted by atomic mass is 9.82. The van der Waals surface area contributed by atoms with Gasteiger partial charge in [0.2, 0.25) is 5.91 Å². The summed E-state index contributed by atoms with van der Waals surface area (Å²) >= 11 is 3.07. The van der Waals surface area contributed by atoms with Gasteiger partial charge in [-0.2, -0.15) is 0 Å². The predicted octanol–water partition coefficient (Wildman–Crippen LogP) is 4.58. The van der Waals surface area contributed by atoms with Crippen LogP contribution in [0.2, 0.25) is 0 Å². The minimum absolute atomic E-state index is 0.0949. The first-order valence-electron chi connectivity index (χ1n) is 10.4. The number of fused-ring (bicyclic) bond motifs is 1. The second-order valence-electron chi connectivity index (χ2n) is 7.92. The molecule has 0 unspecified atom stereocenters. The highest BCUT2D eigenvalue weighted by molar-refractivity contribution is 8.01. The number of ether oxygens (including phenoxy) is 1. The number of aliphatic hydroxyl groups excluding tert-OH is 1. The van der Waals surface area contributed by atoms with Gasteiger partial charge in [-0.1, -0.05) is 37.1 Å². The van der Waals surface area contributed by atoms with Crippen LogP contribution in [-0.4, -0.2) is 39.8 Å². The average Bonchev–Trinajstić information content (AvgIpc) is 3.04. The van der Waals surface area contributed by atoms with Crippen molar-refractivity contribution in [2.24, 2.45) is 5.92 Å². The summed E-state index contributed by atoms with van der Waals surface area (Å²) in [5, 5.41) is 12.9. The molecule has 0 saturated heterocycles. The van der Waals surface area contributed by atoms with Crippen LogP contribution < -0.4 is 4.74 Å². The fourth-order valence-corrected chi connectivity index (χ4v) is 5.90. The van der Waals surface area contributed by atoms with Crippen molar-refractivity contribution in [2.75, 3.05) is 18.9 Å². The molecule has 0 bridgehead atoms. The third kappa shape index (κ3) is 5.13. The van der Waals surface area contributed by atoms with Crippen LogP contribution in [0.4, 0.5) is 0 Å². The van der Waals surface area contributed by atoms with Crippen molar-refractivity contribution in [3.63, 3.8) is 0 Å². The summed E-state index contributed by atoms with van der Waals surface area (Å²) in [4.78, 5) is 19.1. The summed E-state index contributed by atoms with van der Waals surface area (Å²) in [6.45, 7) is 3.55. The highest BCUT2D eigenvalue weighted by Crippen LogP contribution is 2.36. The Kier molecular flexibility index (Phi) is 6.77. The minimum atomic E-state index is -0.434. The summed E-state index contributed by atoms with van der Waals surface area (Å²) in [5.74, 6) is 1.64. The topological polar surface area (TPSA) is 62.7 Å². The highest BCUT2D eigenvalue weighted by Gasteiger charge is 2.25. The van der Waals surface area contributed by atoms with Crippen molar-refractivity contribution >= 4 is 29.0 Å². The number of hydrogen-bond donors (Lipinski definition) is 1. The molecule has 1 fully saturated rings. The van der Waals surface area contributed by atoms with Crippen molar-refractivity contribution in [1.29, 1.82) is 0 Å². The molecular weight excluding hydrogens is 404 g/mol. The molecule has 1 saturated carbocycles. The standard InChI is InChI=1S/C22H28N2O3S2/c1-15-13-28-22(23-15)29-14-20(25)24-9-10-27-19-8-7-17(11-18(19)12-24)21(26)16-5-3-2-4-6-16/h7-8,11,13,16,21,26H,2-6,9-10,12,14H2,1H3/t21-/m0/s1. The van der Waals surface area contributed by atoms with E-state index in [1.165, 1.54) is 31.0 Å². The van der Waals surface area contributed by atoms with Crippen molar-refractivity contribution in [1.82, 2.24) is 9.88 Å². The van der Waals surface area contributed by atoms with E-state index in [0.717, 1.165) is 39.8 Å². The second kappa shape index (κ2) is 9.49. The molecule has 0 radical (unpaired) electrons. The van der Waals surface area contributed by atoms with E-state index < -0.39 is 6.10 Å². The lowest BCUT2D eigenvalue weighted by molar-refractivity contribution is -0.129. The fraction of sp³-hybridized carbons (Fsp3) is 0.545. The molecule has 1 N–H and O–H groups in total. The number of benzene rings is 1. The van der Waals surface area contributed by atoms with Crippen LogP contribution >= 0.6 is 23.1 Å². The number of aromatic nitrogens is 1. The number of carbonyl (C=O) groups is 1. The number of aliphatic hydroxyl groups is 1. The van der Waals surface area contributed by atoms with Crippen LogP contribution in [0.25, 0.3) is 0 Å². The average molecular weight is 433 g/mol. The fourth-order valence-electron chi connectivity index (χ4n) is 4.15. The third-order valence-electron chi connectivity index (χ3n) is 5.77. The van der Waals surface area contributed by atoms with E-state index in [9.17, 15) is 9.90 Å². The van der Waals surface area contributed by atoms with E-state index >= 15 is 0 Å². The maximum absolute atomic E-state index is 12.8. The number of nitrogens with zero attached hydrogens (tertiary/aromatic N) is 2. The van der Waals surface area contributed by atoms with Gasteiger partial charge < -0.3 is 14.7 Å². The van der Waals surface area contributed by atoms with Gasteiger partial charge in [-0.15, -0.1) is 11.3 Å². The minimum Gasteiger partial charge on any atom is -0.491 e. The molecule has 1 aromatic heterocycles. The van der Waals surface area contributed by atoms with Gasteiger partial charge in [0, 0.05) is 23.2 Å². The van der Waals surface area contributed by atoms with E-state index in [0.29, 0.717) is 31.4 Å². The molecule has 1 aliphatic carbocycles. The van der Waals surface area contributed by atoms with Crippen LogP contribution in [0.15, 0.2) is 27.9 Å². The van der Waals surface area contributed by atoms with Crippen molar-refractivity contribution in [3.8, 4) is 5.75 Å². The van der Waals surface area contributed by atoms with E-state index in [2.05, 4.69) is 4.98 Å². The lowest BCUT2D eigenvalue weighted by Gasteiger charge is -2.27. The van der Waals surface area contributed by atoms with Crippen LogP contribution in [0.1, 0.15) is 55.0 Å². The summed E-state index contributed by atoms with van der Waals surface area (Å²) in [6, 6.07) is 5.98. The molecule has 2 heterocycles. The van der Waals surface area contributed by atoms with Crippen LogP contribution in [0.5, 0.6) is 5.75 Å². The zero-order chi connectivity index (χ0) is 20.2. The first kappa shape index (κ1) is 20.7. The number of aryl methyl sites for hydroxylation is 1. The van der Waals surface area contributed by atoms with Gasteiger partial charge in [0.05, 0.1) is 18.4 Å². The number of carbonyl (C=O) groups excluding carboxylic acids is 1. The van der Waals surface area contributed by atoms with Gasteiger partial charge >= 0.3 is 0 Å². The maximum atomic E-state index is 12.8. The maximum Gasteiger partial charge on any atom is 0.233 e. The summed E-state index contributed by atoms with van der Waals surface area (Å²) < 4.78 is 6.81. The van der Waals surface area contributed by atoms with Gasteiger partial charge in [-0.3, -0.25) is 4.79 Å². The first-order chi connectivity index (χ1) is 14.1. The zero-order valence-corrected chi connectivity index (χ0v) is 18.4. The molecule has 5 nitrogen and oxygen atoms in total. The number of rotatable bonds is 5. The number of amides is 1. The molecule has 29 heavy (non-hydrogen) atoms. The largest absolute Gasteiger partial charge is 0.491 e. The smallest absolute Gasteiger partial charge is 0.233 e. The van der Waals surface area contributed by atoms with Crippen LogP contribution in [0, 0.1) is 12.8 Å². The van der Waals surface area contributed by atoms with E-state index in [-0.39, 0.29) is 5.91 Å². The Labute approximate surface area is 180 Å². The Bertz CT molecular complexity index is 848. The molecule has 1 atom stereocenters. The molecule has 7 heteroatoms. The summed E-state index contributed by atoms with van der Waals surface area (Å²) in [7, 11) is 0. The zero-order valence-electron chi connectivity index (χ0n) is 16.8. The molecule has 2 aromatic rings. The van der Waals surface area contributed by atoms with Gasteiger partial charge in [0.1, 0.15) is 12.4 Å². The predicted molar refractivity (Wildman–Crippen MR) is 116 cm³/mol. The van der Waals surface area contributed by atoms with Crippen LogP contribution in [-0.2, 0) is 11.3 Å². The quantitative estimate of drug-likeness (QED) is 0.701. The molecule has 2 aliphatic rings. The Balaban J connectivity index is 1.43. The Hall–Kier alpha value is -1.57. The van der Waals surface area contributed by atoms with E-state index in [1.807, 2.05) is 35.4 Å². The number of thioether (sulfide) groups is 1. The normalized spacial score (nSPS) is 18.6. The van der Waals surface area contributed by atoms with Crippen molar-refractivity contribution < 1.29 is 14.6 Å². The van der Waals surface area contributed by atoms with E-state index in [1.54, 1.807) is 11.3 Å². The molecule has 156 valence electrons. The molecule has 0 spiro atoms. The molecule has 1 aliphatic heterocycles. The second-order valence-corrected chi connectivity index (χ2v) is 10.00. The van der Waals surface area contributed by atoms with E-state index in [4.69, 9.17) is 4.74 Å². The van der Waals surface area contributed by atoms with Crippen LogP contribution in [0.3, 0.4) is 0 Å². The Morgan fingerprint density at radius 2 is 2.21 bits per heavy atom. The van der Waals surface area contributed by atoms with Gasteiger partial charge in [-0.05, 0) is 43.4 Å². The molecular formula is C22H28N2O3S2. The third-order valence-corrected chi connectivity index (χ3v) is 7.90. The molecule has 4 rings (SSSR count). The number of thiazole rings is 1. The van der Waals surface area contributed by atoms with Gasteiger partial charge in [0.25, 0.3) is 0 Å². The molecule has 1 amide bonds. The Morgan fingerprint density at radius 3 is 2.97 bits per heavy atom. The highest BCUT2D eigenvalue weighted by atomic mass is 32.2. The summed E-state index contributed by atoms with van der Waals surface area (Å²) in [5.41, 5.74) is 2.92. The number of hydrogen-bond acceptors (Lipinski definition) is 6. The lowest BCUT2D eigenvalue weighted by Crippen LogP contribution is -2.33. The van der Waals surface area contributed by atoms with Gasteiger partial charge in [0.15, 0.2) is 4.34 Å². The SMILES string of the molecule is Cc1csc(SCC(=O)N2CCOc3ccc([C@@H](O)C4CCCCC4)cc3C2)n1. The van der Waals surface area contributed by atoms with Crippen molar-refractivity contribution in [2.45, 2.75) is 56.0 Å². The summed E-state index contributed by atoms with van der Waals surface area (Å²) in [6.07, 6.45) is 5.43. The monoisotopic (exact) mass is 432 g/mol. The van der Waals surface area contributed by atoms with Gasteiger partial charge in [-0.25, -0.2) is 4.98 Å². The first-order valence-corrected chi connectivity index (χ1v) is 12.2.